The van der Waals surface area contributed by atoms with Crippen LogP contribution in [-0.2, 0) is 11.2 Å². The van der Waals surface area contributed by atoms with Crippen molar-refractivity contribution in [3.63, 3.8) is 0 Å². The third kappa shape index (κ3) is 2.56. The van der Waals surface area contributed by atoms with E-state index in [0.29, 0.717) is 23.2 Å². The number of ether oxygens (including phenoxy) is 1. The Kier molecular flexibility index (Phi) is 4.47. The first-order valence-corrected chi connectivity index (χ1v) is 11.8. The number of ketones is 2. The summed E-state index contributed by atoms with van der Waals surface area (Å²) in [6.45, 7) is 0.457. The molecule has 5 N–H and O–H groups in total. The number of aromatic nitrogens is 1. The number of hydrogen-bond acceptors (Lipinski definition) is 8. The molecule has 1 fully saturated rings. The minimum absolute atomic E-state index is 0.0151. The van der Waals surface area contributed by atoms with Gasteiger partial charge in [0.1, 0.15) is 18.3 Å². The first kappa shape index (κ1) is 23.4. The van der Waals surface area contributed by atoms with E-state index in [9.17, 15) is 29.4 Å². The van der Waals surface area contributed by atoms with Gasteiger partial charge in [0, 0.05) is 37.5 Å². The molecule has 2 aromatic rings. The Morgan fingerprint density at radius 3 is 2.51 bits per heavy atom. The lowest BCUT2D eigenvalue weighted by Gasteiger charge is -2.41. The van der Waals surface area contributed by atoms with Gasteiger partial charge in [-0.1, -0.05) is 0 Å². The van der Waals surface area contributed by atoms with Crippen LogP contribution in [0.15, 0.2) is 17.8 Å². The zero-order chi connectivity index (χ0) is 26.8. The molecule has 0 radical (unpaired) electrons. The monoisotopic (exact) mass is 508 g/mol. The molecule has 12 nitrogen and oxygen atoms in total. The zero-order valence-corrected chi connectivity index (χ0v) is 20.7. The van der Waals surface area contributed by atoms with Crippen LogP contribution in [0.5, 0.6) is 11.5 Å². The average molecular weight is 509 g/mol. The molecule has 3 amide bonds. The Morgan fingerprint density at radius 1 is 1.19 bits per heavy atom. The topological polar surface area (TPSA) is 166 Å². The highest BCUT2D eigenvalue weighted by Gasteiger charge is 2.66. The van der Waals surface area contributed by atoms with Gasteiger partial charge in [0.2, 0.25) is 5.78 Å². The summed E-state index contributed by atoms with van der Waals surface area (Å²) in [6.07, 6.45) is 0.772. The Bertz CT molecular complexity index is 1520. The van der Waals surface area contributed by atoms with Crippen molar-refractivity contribution in [1.29, 1.82) is 0 Å². The number of aromatic amines is 1. The third-order valence-corrected chi connectivity index (χ3v) is 7.91. The smallest absolute Gasteiger partial charge is 0.330 e. The van der Waals surface area contributed by atoms with Crippen LogP contribution in [0.2, 0.25) is 0 Å². The van der Waals surface area contributed by atoms with Gasteiger partial charge in [-0.25, -0.2) is 4.79 Å². The van der Waals surface area contributed by atoms with Crippen molar-refractivity contribution in [3.8, 4) is 11.5 Å². The second-order valence-corrected chi connectivity index (χ2v) is 10.4. The van der Waals surface area contributed by atoms with Crippen LogP contribution in [0.3, 0.4) is 0 Å². The fraction of sp³-hybridized carbons (Fsp3) is 0.360. The van der Waals surface area contributed by atoms with Gasteiger partial charge in [0.25, 0.3) is 5.72 Å². The SMILES string of the molecule is CN1C(=O)N(C)[C@@]2(Oc3c(O)cc4c(c3C3=C2C(=O)c2c(CCN)c[nH]c2C3=O)C(O)C[N+]4(C)C)C1=O. The highest BCUT2D eigenvalue weighted by atomic mass is 16.5. The summed E-state index contributed by atoms with van der Waals surface area (Å²) < 4.78 is 6.37. The number of nitrogens with one attached hydrogen (secondary N) is 1. The normalized spacial score (nSPS) is 25.5. The van der Waals surface area contributed by atoms with Crippen molar-refractivity contribution in [1.82, 2.24) is 19.3 Å². The van der Waals surface area contributed by atoms with Gasteiger partial charge in [-0.2, -0.15) is 0 Å². The van der Waals surface area contributed by atoms with Crippen molar-refractivity contribution >= 4 is 34.8 Å². The number of benzene rings is 1. The Morgan fingerprint density at radius 2 is 1.89 bits per heavy atom. The lowest BCUT2D eigenvalue weighted by Crippen LogP contribution is -2.59. The summed E-state index contributed by atoms with van der Waals surface area (Å²) in [7, 11) is 6.21. The molecular weight excluding hydrogens is 482 g/mol. The predicted molar refractivity (Wildman–Crippen MR) is 130 cm³/mol. The molecule has 1 aliphatic carbocycles. The van der Waals surface area contributed by atoms with E-state index in [0.717, 1.165) is 9.80 Å². The number of phenols is 1. The maximum Gasteiger partial charge on any atom is 0.330 e. The van der Waals surface area contributed by atoms with Gasteiger partial charge in [-0.15, -0.1) is 0 Å². The van der Waals surface area contributed by atoms with Crippen molar-refractivity contribution < 1.29 is 34.1 Å². The van der Waals surface area contributed by atoms with Crippen LogP contribution in [0.1, 0.15) is 43.6 Å². The minimum Gasteiger partial charge on any atom is -0.504 e. The number of amides is 3. The number of rotatable bonds is 2. The van der Waals surface area contributed by atoms with E-state index in [4.69, 9.17) is 10.5 Å². The van der Waals surface area contributed by atoms with Crippen LogP contribution in [-0.4, -0.2) is 95.5 Å². The number of carbonyl (C=O) groups is 4. The largest absolute Gasteiger partial charge is 0.504 e. The Balaban J connectivity index is 1.76. The third-order valence-electron chi connectivity index (χ3n) is 7.91. The number of carbonyl (C=O) groups excluding carboxylic acids is 4. The molecule has 2 atom stereocenters. The number of hydrogen-bond donors (Lipinski definition) is 4. The van der Waals surface area contributed by atoms with Crippen LogP contribution < -0.4 is 15.0 Å². The van der Waals surface area contributed by atoms with Crippen LogP contribution in [0.25, 0.3) is 5.57 Å². The summed E-state index contributed by atoms with van der Waals surface area (Å²) in [5.74, 6) is -2.79. The number of nitrogens with zero attached hydrogens (tertiary/aromatic N) is 3. The van der Waals surface area contributed by atoms with E-state index in [1.54, 1.807) is 0 Å². The number of Topliss-reactive ketones (excluding diaryl/α,β-unsaturated/α-hetero) is 2. The molecule has 1 saturated heterocycles. The molecule has 1 unspecified atom stereocenters. The van der Waals surface area contributed by atoms with Gasteiger partial charge in [-0.05, 0) is 18.5 Å². The van der Waals surface area contributed by atoms with Gasteiger partial charge < -0.3 is 25.7 Å². The number of quaternary nitrogens is 1. The van der Waals surface area contributed by atoms with Gasteiger partial charge in [0.05, 0.1) is 36.5 Å². The van der Waals surface area contributed by atoms with E-state index in [-0.39, 0.29) is 57.0 Å². The fourth-order valence-electron chi connectivity index (χ4n) is 6.16. The lowest BCUT2D eigenvalue weighted by atomic mass is 9.74. The predicted octanol–water partition coefficient (Wildman–Crippen LogP) is 0.281. The van der Waals surface area contributed by atoms with Crippen molar-refractivity contribution in [3.05, 3.63) is 45.8 Å². The number of imide groups is 1. The van der Waals surface area contributed by atoms with Crippen LogP contribution >= 0.6 is 0 Å². The lowest BCUT2D eigenvalue weighted by molar-refractivity contribution is -0.142. The van der Waals surface area contributed by atoms with Gasteiger partial charge >= 0.3 is 11.9 Å². The second-order valence-electron chi connectivity index (χ2n) is 10.4. The van der Waals surface area contributed by atoms with Gasteiger partial charge in [0.15, 0.2) is 17.3 Å². The number of allylic oxidation sites excluding steroid dienone is 1. The molecule has 4 heterocycles. The number of aliphatic hydroxyl groups is 1. The molecule has 12 heteroatoms. The quantitative estimate of drug-likeness (QED) is 0.332. The molecule has 6 rings (SSSR count). The van der Waals surface area contributed by atoms with Crippen LogP contribution in [0, 0.1) is 0 Å². The summed E-state index contributed by atoms with van der Waals surface area (Å²) in [5.41, 5.74) is 4.39. The van der Waals surface area contributed by atoms with E-state index in [2.05, 4.69) is 4.98 Å². The number of aliphatic hydroxyl groups excluding tert-OH is 1. The standard InChI is InChI=1S/C25H25N5O7/c1-28-23(35)25(29(2)24(28)36)18-17(21(34)19-14(20(18)33)10(5-6-26)8-27-19)16-15-11(7-12(31)22(16)37-25)30(3,4)9-13(15)32/h7-8,13,32H,5-6,9,26H2,1-4H3,(H-,27,31,33,34)/p+1/t13?,25-/m0/s1. The number of urea groups is 1. The Hall–Kier alpha value is -4.00. The van der Waals surface area contributed by atoms with Crippen molar-refractivity contribution in [2.75, 3.05) is 41.3 Å². The highest BCUT2D eigenvalue weighted by Crippen LogP contribution is 2.58. The number of fused-ring (bicyclic) bond motifs is 6. The zero-order valence-electron chi connectivity index (χ0n) is 20.7. The molecule has 0 saturated carbocycles. The molecule has 0 bridgehead atoms. The number of phenolic OH excluding ortho intramolecular Hbond substituents is 1. The van der Waals surface area contributed by atoms with Gasteiger partial charge in [-0.3, -0.25) is 28.7 Å². The number of nitrogens with two attached hydrogens (primary N) is 1. The number of aromatic hydroxyl groups is 1. The molecule has 3 aliphatic heterocycles. The second kappa shape index (κ2) is 7.06. The van der Waals surface area contributed by atoms with Crippen LogP contribution in [0.4, 0.5) is 10.5 Å². The summed E-state index contributed by atoms with van der Waals surface area (Å²) >= 11 is 0. The summed E-state index contributed by atoms with van der Waals surface area (Å²) in [5, 5.41) is 22.2. The summed E-state index contributed by atoms with van der Waals surface area (Å²) in [4.78, 5) is 59.6. The molecule has 1 spiro atoms. The molecule has 192 valence electrons. The maximum absolute atomic E-state index is 14.2. The highest BCUT2D eigenvalue weighted by molar-refractivity contribution is 6.43. The fourth-order valence-corrected chi connectivity index (χ4v) is 6.16. The van der Waals surface area contributed by atoms with E-state index < -0.39 is 35.3 Å². The minimum atomic E-state index is -2.32. The first-order chi connectivity index (χ1) is 17.4. The van der Waals surface area contributed by atoms with Crippen molar-refractivity contribution in [2.24, 2.45) is 5.73 Å². The first-order valence-electron chi connectivity index (χ1n) is 11.8. The molecule has 1 aromatic heterocycles. The van der Waals surface area contributed by atoms with E-state index in [1.807, 2.05) is 14.1 Å². The molecule has 4 aliphatic rings. The molecule has 1 aromatic carbocycles. The number of likely N-dealkylation sites (N-methyl/N-ethyl adjacent to an activating group) is 3. The maximum atomic E-state index is 14.2. The van der Waals surface area contributed by atoms with Crippen molar-refractivity contribution in [2.45, 2.75) is 18.2 Å². The molecular formula is C25H26N5O7+. The summed E-state index contributed by atoms with van der Waals surface area (Å²) in [6, 6.07) is 0.671. The van der Waals surface area contributed by atoms with E-state index >= 15 is 0 Å². The molecule has 37 heavy (non-hydrogen) atoms. The number of H-pyrrole nitrogens is 1. The average Bonchev–Trinajstić information content (AvgIpc) is 3.41. The Labute approximate surface area is 211 Å². The van der Waals surface area contributed by atoms with E-state index in [1.165, 1.54) is 26.4 Å².